The molecule has 10 heterocycles. The Morgan fingerprint density at radius 2 is 1.12 bits per heavy atom. The van der Waals surface area contributed by atoms with Crippen LogP contribution in [0.15, 0.2) is 158 Å². The third kappa shape index (κ3) is 14.1. The molecule has 0 unspecified atom stereocenters. The Morgan fingerprint density at radius 1 is 0.629 bits per heavy atom. The van der Waals surface area contributed by atoms with Crippen LogP contribution in [0.4, 0.5) is 23.5 Å². The van der Waals surface area contributed by atoms with Gasteiger partial charge >= 0.3 is 24.0 Å². The van der Waals surface area contributed by atoms with Crippen LogP contribution in [0.5, 0.6) is 0 Å². The number of nitrogens with one attached hydrogen (secondary N) is 2. The van der Waals surface area contributed by atoms with Crippen molar-refractivity contribution < 1.29 is 47.3 Å². The minimum atomic E-state index is -0.858. The van der Waals surface area contributed by atoms with Crippen LogP contribution >= 0.6 is 68.5 Å². The summed E-state index contributed by atoms with van der Waals surface area (Å²) in [6, 6.07) is 20.7. The van der Waals surface area contributed by atoms with E-state index in [1.54, 1.807) is 41.6 Å². The number of carbonyl (C=O) groups is 5. The zero-order valence-corrected chi connectivity index (χ0v) is 56.9. The first kappa shape index (κ1) is 66.5. The molecule has 0 radical (unpaired) electrons. The first-order valence-electron chi connectivity index (χ1n) is 30.5. The van der Waals surface area contributed by atoms with Crippen molar-refractivity contribution in [2.75, 3.05) is 84.6 Å². The Bertz CT molecular complexity index is 4510. The summed E-state index contributed by atoms with van der Waals surface area (Å²) in [6.07, 6.45) is 3.34. The number of amidine groups is 2. The molecule has 30 heteroatoms. The maximum absolute atomic E-state index is 14.0. The van der Waals surface area contributed by atoms with Gasteiger partial charge in [-0.15, -0.1) is 45.3 Å². The number of ether oxygens (including phenoxy) is 2. The number of fused-ring (bicyclic) bond motifs is 2. The molecule has 3 N–H and O–H groups in total. The van der Waals surface area contributed by atoms with E-state index in [9.17, 15) is 37.9 Å². The molecule has 0 saturated carbocycles. The first-order chi connectivity index (χ1) is 46.9. The Morgan fingerprint density at radius 3 is 1.61 bits per heavy atom. The van der Waals surface area contributed by atoms with Crippen LogP contribution < -0.4 is 15.5 Å². The zero-order chi connectivity index (χ0) is 67.8. The van der Waals surface area contributed by atoms with Gasteiger partial charge in [0.2, 0.25) is 0 Å². The molecular formula is C67H60Cl2F2N14O8S4. The molecule has 4 saturated heterocycles. The number of piperazine rings is 2. The second-order valence-electron chi connectivity index (χ2n) is 23.3. The molecule has 498 valence electrons. The van der Waals surface area contributed by atoms with Crippen LogP contribution in [0, 0.1) is 11.6 Å². The quantitative estimate of drug-likeness (QED) is 0.0436. The standard InChI is InChI=1S/C34H31ClFN7O4S2.C33H29ClFN7O4S2/c1-19(44)20-3-5-21(6-4-20)27-18-49-28(38-27)17-42-15-23-14-41(10-11-43(23)34(42)46)16-26-29(33(45)47-2)30(24-8-7-22(36)13-25(24)35)40-31(39-26)32-37-9-12-48-32;1-18(43)19-3-5-20(6-4-19)26-17-48-32(38-26)42-15-22-14-40(10-11-41(22)33(42)45)16-25-27(31(44)46-2)28(23-8-7-21(35)13-24(23)34)39-29(37-25)30-36-9-12-47-30/h3-9,12-13,18,23,30,44H,1,10-11,14-17H2,2H3,(H,39,40);3-9,12-13,17,22,28H,10-11,14-16H2,1-2H3,(H,37,39)/t23-,30-;22-,28-/m00/s1. The number of hydrogen-bond donors (Lipinski definition) is 3. The van der Waals surface area contributed by atoms with Gasteiger partial charge in [0.1, 0.15) is 34.5 Å². The number of halogens is 4. The molecular weight excluding hydrogens is 1370 g/mol. The normalized spacial score (nSPS) is 19.6. The van der Waals surface area contributed by atoms with Crippen LogP contribution in [-0.2, 0) is 25.6 Å². The second kappa shape index (κ2) is 28.5. The number of carbonyl (C=O) groups excluding carboxylic acids is 5. The van der Waals surface area contributed by atoms with Gasteiger partial charge in [-0.1, -0.05) is 90.4 Å². The number of urea groups is 2. The van der Waals surface area contributed by atoms with Crippen molar-refractivity contribution in [1.29, 1.82) is 0 Å². The molecule has 14 rings (SSSR count). The Balaban J connectivity index is 0.000000175. The number of amides is 4. The average molecular weight is 1430 g/mol. The van der Waals surface area contributed by atoms with Gasteiger partial charge < -0.3 is 39.9 Å². The average Bonchev–Trinajstić information content (AvgIpc) is 1.79. The number of rotatable bonds is 17. The first-order valence-corrected chi connectivity index (χ1v) is 34.8. The molecule has 4 atom stereocenters. The number of ketones is 1. The summed E-state index contributed by atoms with van der Waals surface area (Å²) >= 11 is 18.7. The smallest absolute Gasteiger partial charge is 0.338 e. The monoisotopic (exact) mass is 1420 g/mol. The minimum Gasteiger partial charge on any atom is -0.508 e. The van der Waals surface area contributed by atoms with Crippen molar-refractivity contribution in [3.05, 3.63) is 207 Å². The summed E-state index contributed by atoms with van der Waals surface area (Å²) in [4.78, 5) is 105. The van der Waals surface area contributed by atoms with Gasteiger partial charge in [0.25, 0.3) is 0 Å². The molecule has 0 bridgehead atoms. The zero-order valence-electron chi connectivity index (χ0n) is 52.2. The maximum Gasteiger partial charge on any atom is 0.338 e. The van der Waals surface area contributed by atoms with Gasteiger partial charge in [0.15, 0.2) is 32.6 Å². The molecule has 6 aliphatic heterocycles. The molecule has 22 nitrogen and oxygen atoms in total. The van der Waals surface area contributed by atoms with E-state index < -0.39 is 35.7 Å². The molecule has 4 aromatic carbocycles. The van der Waals surface area contributed by atoms with Gasteiger partial charge in [0, 0.05) is 148 Å². The largest absolute Gasteiger partial charge is 0.508 e. The number of aliphatic imine (C=N–C) groups is 2. The molecule has 0 spiro atoms. The highest BCUT2D eigenvalue weighted by atomic mass is 35.5. The lowest BCUT2D eigenvalue weighted by atomic mass is 9.95. The molecule has 4 amide bonds. The molecule has 8 aromatic rings. The molecule has 4 fully saturated rings. The van der Waals surface area contributed by atoms with Crippen LogP contribution in [0.25, 0.3) is 28.3 Å². The van der Waals surface area contributed by atoms with E-state index in [4.69, 9.17) is 52.6 Å². The molecule has 4 aromatic heterocycles. The number of hydrogen-bond acceptors (Lipinski definition) is 22. The molecule has 0 aliphatic carbocycles. The minimum absolute atomic E-state index is 0.00357. The van der Waals surface area contributed by atoms with E-state index in [2.05, 4.69) is 37.0 Å². The summed E-state index contributed by atoms with van der Waals surface area (Å²) in [5.41, 5.74) is 7.24. The summed E-state index contributed by atoms with van der Waals surface area (Å²) in [6.45, 7) is 10.5. The summed E-state index contributed by atoms with van der Waals surface area (Å²) in [7, 11) is 2.61. The topological polar surface area (TPSA) is 244 Å². The maximum atomic E-state index is 14.0. The number of nitrogens with zero attached hydrogens (tertiary/aromatic N) is 12. The highest BCUT2D eigenvalue weighted by Crippen LogP contribution is 2.40. The fourth-order valence-electron chi connectivity index (χ4n) is 12.5. The van der Waals surface area contributed by atoms with Crippen molar-refractivity contribution in [3.63, 3.8) is 0 Å². The summed E-state index contributed by atoms with van der Waals surface area (Å²) in [5, 5.41) is 26.8. The highest BCUT2D eigenvalue weighted by Gasteiger charge is 2.45. The number of anilines is 1. The van der Waals surface area contributed by atoms with Gasteiger partial charge in [-0.25, -0.2) is 47.9 Å². The Labute approximate surface area is 581 Å². The fraction of sp³-hybridized carbons (Fsp3) is 0.269. The van der Waals surface area contributed by atoms with E-state index >= 15 is 0 Å². The van der Waals surface area contributed by atoms with Crippen molar-refractivity contribution in [3.8, 4) is 22.5 Å². The van der Waals surface area contributed by atoms with Crippen LogP contribution in [0.2, 0.25) is 10.0 Å². The lowest BCUT2D eigenvalue weighted by molar-refractivity contribution is -0.137. The lowest BCUT2D eigenvalue weighted by Crippen LogP contribution is -2.53. The molecule has 6 aliphatic rings. The summed E-state index contributed by atoms with van der Waals surface area (Å²) in [5.74, 6) is -1.20. The van der Waals surface area contributed by atoms with E-state index in [1.165, 1.54) is 103 Å². The van der Waals surface area contributed by atoms with E-state index in [0.29, 0.717) is 132 Å². The number of aliphatic hydroxyl groups excluding tert-OH is 1. The number of esters is 2. The number of thiazole rings is 4. The van der Waals surface area contributed by atoms with Gasteiger partial charge in [-0.05, 0) is 31.2 Å². The lowest BCUT2D eigenvalue weighted by Gasteiger charge is -2.38. The van der Waals surface area contributed by atoms with Gasteiger partial charge in [-0.2, -0.15) is 0 Å². The summed E-state index contributed by atoms with van der Waals surface area (Å²) < 4.78 is 38.5. The van der Waals surface area contributed by atoms with Crippen LogP contribution in [0.1, 0.15) is 61.1 Å². The number of Topliss-reactive ketones (excluding diaryl/α,β-unsaturated/α-hetero) is 1. The highest BCUT2D eigenvalue weighted by molar-refractivity contribution is 7.14. The fourth-order valence-corrected chi connectivity index (χ4v) is 15.9. The predicted octanol–water partition coefficient (Wildman–Crippen LogP) is 11.1. The van der Waals surface area contributed by atoms with Crippen molar-refractivity contribution >= 4 is 121 Å². The van der Waals surface area contributed by atoms with Crippen LogP contribution in [-0.4, -0.2) is 183 Å². The van der Waals surface area contributed by atoms with Crippen molar-refractivity contribution in [1.82, 2.24) is 55.1 Å². The van der Waals surface area contributed by atoms with Crippen LogP contribution in [0.3, 0.4) is 0 Å². The van der Waals surface area contributed by atoms with Gasteiger partial charge in [-0.3, -0.25) is 29.5 Å². The number of benzene rings is 4. The number of aliphatic hydroxyl groups is 1. The third-order valence-electron chi connectivity index (χ3n) is 17.3. The Kier molecular flexibility index (Phi) is 19.5. The molecule has 97 heavy (non-hydrogen) atoms. The second-order valence-corrected chi connectivity index (χ2v) is 27.7. The Hall–Kier alpha value is -9.13. The SMILES string of the molecule is C=C(O)c1ccc(-c2csc(CN3C[C@@H]4CN(CC5=C(C(=O)OC)[C@H](c6ccc(F)cc6Cl)N=C(c6nccs6)N5)CCN4C3=O)n2)cc1.COC(=O)C1=C(CN2CCN3C(=O)N(c4nc(-c5ccc(C(C)=O)cc5)cs4)C[C@@H]3C2)NC(c2nccs2)=N[C@H]1c1ccc(F)cc1Cl. The van der Waals surface area contributed by atoms with Crippen molar-refractivity contribution in [2.45, 2.75) is 37.6 Å². The van der Waals surface area contributed by atoms with Crippen molar-refractivity contribution in [2.24, 2.45) is 9.98 Å². The van der Waals surface area contributed by atoms with E-state index in [-0.39, 0.29) is 56.9 Å². The predicted molar refractivity (Wildman–Crippen MR) is 369 cm³/mol. The number of methoxy groups -OCH3 is 2. The van der Waals surface area contributed by atoms with E-state index in [1.807, 2.05) is 60.5 Å². The van der Waals surface area contributed by atoms with Gasteiger partial charge in [0.05, 0.1) is 61.9 Å². The number of aromatic nitrogens is 4. The third-order valence-corrected chi connectivity index (χ3v) is 21.2. The van der Waals surface area contributed by atoms with E-state index in [0.717, 1.165) is 27.5 Å².